The molecule has 4 aromatic rings. The molecule has 5 nitrogen and oxygen atoms in total. The fourth-order valence-corrected chi connectivity index (χ4v) is 4.84. The predicted octanol–water partition coefficient (Wildman–Crippen LogP) is 3.85. The normalized spacial score (nSPS) is 11.0. The minimum absolute atomic E-state index is 0.0324. The Morgan fingerprint density at radius 1 is 1.21 bits per heavy atom. The van der Waals surface area contributed by atoms with E-state index in [0.717, 1.165) is 16.9 Å². The molecule has 0 radical (unpaired) electrons. The van der Waals surface area contributed by atoms with E-state index >= 15 is 0 Å². The van der Waals surface area contributed by atoms with Crippen molar-refractivity contribution in [2.24, 2.45) is 0 Å². The van der Waals surface area contributed by atoms with E-state index in [-0.39, 0.29) is 18.0 Å². The molecular weight excluding hydrogens is 390 g/mol. The first-order valence-corrected chi connectivity index (χ1v) is 10.7. The topological polar surface area (TPSA) is 64.0 Å². The Morgan fingerprint density at radius 2 is 2.11 bits per heavy atom. The summed E-state index contributed by atoms with van der Waals surface area (Å²) < 4.78 is 1.38. The molecule has 3 aromatic heterocycles. The summed E-state index contributed by atoms with van der Waals surface area (Å²) in [5, 5.41) is 7.41. The van der Waals surface area contributed by atoms with E-state index in [0.29, 0.717) is 16.8 Å². The molecule has 0 atom stereocenters. The van der Waals surface area contributed by atoms with Crippen LogP contribution >= 0.6 is 22.7 Å². The van der Waals surface area contributed by atoms with Crippen LogP contribution in [-0.4, -0.2) is 22.0 Å². The van der Waals surface area contributed by atoms with Crippen LogP contribution in [0, 0.1) is 6.92 Å². The van der Waals surface area contributed by atoms with Crippen molar-refractivity contribution >= 4 is 38.8 Å². The highest BCUT2D eigenvalue weighted by atomic mass is 32.1. The lowest BCUT2D eigenvalue weighted by Gasteiger charge is -2.08. The van der Waals surface area contributed by atoms with Gasteiger partial charge in [0.1, 0.15) is 11.4 Å². The number of aryl methyl sites for hydroxylation is 1. The fraction of sp³-hybridized carbons (Fsp3) is 0.190. The number of nitrogens with one attached hydrogen (secondary N) is 1. The molecule has 0 spiro atoms. The van der Waals surface area contributed by atoms with Crippen LogP contribution in [0.15, 0.2) is 58.3 Å². The number of carbonyl (C=O) groups is 1. The summed E-state index contributed by atoms with van der Waals surface area (Å²) >= 11 is 3.03. The predicted molar refractivity (Wildman–Crippen MR) is 115 cm³/mol. The molecule has 0 saturated heterocycles. The second-order valence-electron chi connectivity index (χ2n) is 6.57. The van der Waals surface area contributed by atoms with Gasteiger partial charge in [-0.2, -0.15) is 0 Å². The van der Waals surface area contributed by atoms with Crippen molar-refractivity contribution in [2.75, 3.05) is 6.54 Å². The molecule has 28 heavy (non-hydrogen) atoms. The van der Waals surface area contributed by atoms with E-state index in [1.807, 2.05) is 48.0 Å². The lowest BCUT2D eigenvalue weighted by atomic mass is 10.1. The minimum Gasteiger partial charge on any atom is -0.354 e. The zero-order chi connectivity index (χ0) is 19.5. The van der Waals surface area contributed by atoms with Crippen LogP contribution in [0.25, 0.3) is 20.7 Å². The summed E-state index contributed by atoms with van der Waals surface area (Å²) in [6, 6.07) is 12.2. The first-order valence-electron chi connectivity index (χ1n) is 8.94. The minimum atomic E-state index is -0.191. The highest BCUT2D eigenvalue weighted by molar-refractivity contribution is 7.18. The molecule has 0 unspecified atom stereocenters. The summed E-state index contributed by atoms with van der Waals surface area (Å²) in [4.78, 5) is 31.3. The largest absolute Gasteiger partial charge is 0.354 e. The molecule has 1 aromatic carbocycles. The number of nitrogens with zero attached hydrogens (tertiary/aromatic N) is 2. The fourth-order valence-electron chi connectivity index (χ4n) is 3.12. The molecule has 4 rings (SSSR count). The summed E-state index contributed by atoms with van der Waals surface area (Å²) in [5.41, 5.74) is 3.09. The van der Waals surface area contributed by atoms with Gasteiger partial charge in [-0.3, -0.25) is 14.2 Å². The first-order chi connectivity index (χ1) is 13.6. The maximum Gasteiger partial charge on any atom is 0.263 e. The smallest absolute Gasteiger partial charge is 0.263 e. The maximum atomic E-state index is 12.9. The van der Waals surface area contributed by atoms with Gasteiger partial charge < -0.3 is 5.32 Å². The van der Waals surface area contributed by atoms with Gasteiger partial charge in [-0.05, 0) is 30.4 Å². The van der Waals surface area contributed by atoms with Crippen LogP contribution in [0.4, 0.5) is 0 Å². The molecule has 0 aliphatic carbocycles. The Labute approximate surface area is 170 Å². The quantitative estimate of drug-likeness (QED) is 0.526. The Balaban J connectivity index is 1.47. The van der Waals surface area contributed by atoms with Crippen molar-refractivity contribution in [2.45, 2.75) is 19.9 Å². The molecule has 3 heterocycles. The monoisotopic (exact) mass is 409 g/mol. The SMILES string of the molecule is Cc1cccc(CCNC(=O)Cn2cnc3scc(-c4cccs4)c3c2=O)c1. The molecular formula is C21H19N3O2S2. The third kappa shape index (κ3) is 3.90. The number of benzene rings is 1. The zero-order valence-corrected chi connectivity index (χ0v) is 17.0. The number of aromatic nitrogens is 2. The molecule has 0 saturated carbocycles. The number of amides is 1. The number of fused-ring (bicyclic) bond motifs is 1. The van der Waals surface area contributed by atoms with Crippen molar-refractivity contribution in [1.82, 2.24) is 14.9 Å². The number of rotatable bonds is 6. The van der Waals surface area contributed by atoms with Gasteiger partial charge in [0.2, 0.25) is 5.91 Å². The Hall–Kier alpha value is -2.77. The standard InChI is InChI=1S/C21H19N3O2S2/c1-14-4-2-5-15(10-14)7-8-22-18(25)11-24-13-23-20-19(21(24)26)16(12-28-20)17-6-3-9-27-17/h2-6,9-10,12-13H,7-8,11H2,1H3,(H,22,25). The van der Waals surface area contributed by atoms with Gasteiger partial charge in [-0.15, -0.1) is 22.7 Å². The van der Waals surface area contributed by atoms with Crippen LogP contribution in [0.5, 0.6) is 0 Å². The average Bonchev–Trinajstić information content (AvgIpc) is 3.33. The third-order valence-electron chi connectivity index (χ3n) is 4.48. The average molecular weight is 410 g/mol. The van der Waals surface area contributed by atoms with Crippen molar-refractivity contribution in [3.63, 3.8) is 0 Å². The summed E-state index contributed by atoms with van der Waals surface area (Å²) in [7, 11) is 0. The van der Waals surface area contributed by atoms with Crippen molar-refractivity contribution in [3.8, 4) is 10.4 Å². The van der Waals surface area contributed by atoms with E-state index in [2.05, 4.69) is 16.4 Å². The highest BCUT2D eigenvalue weighted by Gasteiger charge is 2.15. The summed E-state index contributed by atoms with van der Waals surface area (Å²) in [6.45, 7) is 2.55. The van der Waals surface area contributed by atoms with Crippen molar-refractivity contribution in [3.05, 3.63) is 75.0 Å². The molecule has 1 N–H and O–H groups in total. The second kappa shape index (κ2) is 8.08. The van der Waals surface area contributed by atoms with Crippen LogP contribution in [0.2, 0.25) is 0 Å². The van der Waals surface area contributed by atoms with Crippen molar-refractivity contribution in [1.29, 1.82) is 0 Å². The molecule has 1 amide bonds. The third-order valence-corrected chi connectivity index (χ3v) is 6.27. The van der Waals surface area contributed by atoms with Crippen LogP contribution in [0.1, 0.15) is 11.1 Å². The molecule has 0 fully saturated rings. The number of carbonyl (C=O) groups excluding carboxylic acids is 1. The number of hydrogen-bond donors (Lipinski definition) is 1. The van der Waals surface area contributed by atoms with Gasteiger partial charge in [0.05, 0.1) is 11.7 Å². The zero-order valence-electron chi connectivity index (χ0n) is 15.3. The Kier molecular flexibility index (Phi) is 5.36. The lowest BCUT2D eigenvalue weighted by molar-refractivity contribution is -0.121. The van der Waals surface area contributed by atoms with E-state index in [4.69, 9.17) is 0 Å². The molecule has 0 aliphatic rings. The van der Waals surface area contributed by atoms with Crippen LogP contribution in [0.3, 0.4) is 0 Å². The van der Waals surface area contributed by atoms with Gasteiger partial charge in [0.25, 0.3) is 5.56 Å². The molecule has 142 valence electrons. The van der Waals surface area contributed by atoms with E-state index < -0.39 is 0 Å². The highest BCUT2D eigenvalue weighted by Crippen LogP contribution is 2.33. The van der Waals surface area contributed by atoms with Gasteiger partial charge in [-0.25, -0.2) is 4.98 Å². The van der Waals surface area contributed by atoms with Crippen LogP contribution < -0.4 is 10.9 Å². The van der Waals surface area contributed by atoms with Gasteiger partial charge >= 0.3 is 0 Å². The first kappa shape index (κ1) is 18.6. The van der Waals surface area contributed by atoms with Crippen LogP contribution in [-0.2, 0) is 17.8 Å². The Bertz CT molecular complexity index is 1180. The summed E-state index contributed by atoms with van der Waals surface area (Å²) in [6.07, 6.45) is 2.21. The number of thiophene rings is 2. The number of hydrogen-bond acceptors (Lipinski definition) is 5. The molecule has 7 heteroatoms. The molecule has 0 bridgehead atoms. The van der Waals surface area contributed by atoms with Gasteiger partial charge in [-0.1, -0.05) is 35.9 Å². The van der Waals surface area contributed by atoms with E-state index in [9.17, 15) is 9.59 Å². The summed E-state index contributed by atoms with van der Waals surface area (Å²) in [5.74, 6) is -0.191. The maximum absolute atomic E-state index is 12.9. The van der Waals surface area contributed by atoms with Gasteiger partial charge in [0.15, 0.2) is 0 Å². The van der Waals surface area contributed by atoms with E-state index in [1.54, 1.807) is 11.3 Å². The Morgan fingerprint density at radius 3 is 2.89 bits per heavy atom. The lowest BCUT2D eigenvalue weighted by Crippen LogP contribution is -2.33. The van der Waals surface area contributed by atoms with Gasteiger partial charge in [0, 0.05) is 22.4 Å². The van der Waals surface area contributed by atoms with Crippen molar-refractivity contribution < 1.29 is 4.79 Å². The molecule has 0 aliphatic heterocycles. The second-order valence-corrected chi connectivity index (χ2v) is 8.38. The van der Waals surface area contributed by atoms with E-state index in [1.165, 1.54) is 33.4 Å².